The van der Waals surface area contributed by atoms with Gasteiger partial charge in [-0.2, -0.15) is 0 Å². The van der Waals surface area contributed by atoms with E-state index in [0.29, 0.717) is 38.3 Å². The number of benzene rings is 2. The Kier molecular flexibility index (Phi) is 7.92. The molecule has 8 heteroatoms. The van der Waals surface area contributed by atoms with Crippen molar-refractivity contribution >= 4 is 15.9 Å². The standard InChI is InChI=1S/C23H30N2O5S/c1-3-18-5-11-22(12-6-18)31(27,28)24-19-13-15-25(16-14-19)23(26)17-30-21-9-7-20(8-10-21)29-4-2/h5-12,19,24H,3-4,13-17H2,1-2H3. The first kappa shape index (κ1) is 23.1. The summed E-state index contributed by atoms with van der Waals surface area (Å²) in [5.74, 6) is 1.26. The number of carbonyl (C=O) groups is 1. The molecule has 0 atom stereocenters. The molecule has 1 saturated heterocycles. The average molecular weight is 447 g/mol. The number of hydrogen-bond acceptors (Lipinski definition) is 5. The molecule has 168 valence electrons. The topological polar surface area (TPSA) is 84.9 Å². The Labute approximate surface area is 184 Å². The van der Waals surface area contributed by atoms with Crippen LogP contribution in [0.2, 0.25) is 0 Å². The molecule has 0 bridgehead atoms. The first-order chi connectivity index (χ1) is 14.9. The molecule has 0 aliphatic carbocycles. The number of rotatable bonds is 9. The summed E-state index contributed by atoms with van der Waals surface area (Å²) >= 11 is 0. The third kappa shape index (κ3) is 6.45. The molecule has 0 spiro atoms. The molecule has 2 aromatic rings. The summed E-state index contributed by atoms with van der Waals surface area (Å²) in [6, 6.07) is 13.9. The van der Waals surface area contributed by atoms with Crippen LogP contribution in [0.25, 0.3) is 0 Å². The van der Waals surface area contributed by atoms with Crippen LogP contribution >= 0.6 is 0 Å². The average Bonchev–Trinajstić information content (AvgIpc) is 2.79. The van der Waals surface area contributed by atoms with Gasteiger partial charge < -0.3 is 14.4 Å². The molecule has 1 amide bonds. The summed E-state index contributed by atoms with van der Waals surface area (Å²) in [5, 5.41) is 0. The molecule has 0 unspecified atom stereocenters. The molecule has 2 aromatic carbocycles. The van der Waals surface area contributed by atoms with Crippen molar-refractivity contribution in [2.75, 3.05) is 26.3 Å². The van der Waals surface area contributed by atoms with E-state index in [-0.39, 0.29) is 23.5 Å². The van der Waals surface area contributed by atoms with Gasteiger partial charge in [-0.1, -0.05) is 19.1 Å². The van der Waals surface area contributed by atoms with E-state index in [4.69, 9.17) is 9.47 Å². The fourth-order valence-electron chi connectivity index (χ4n) is 3.47. The van der Waals surface area contributed by atoms with Crippen molar-refractivity contribution in [3.05, 3.63) is 54.1 Å². The summed E-state index contributed by atoms with van der Waals surface area (Å²) in [6.07, 6.45) is 2.00. The van der Waals surface area contributed by atoms with E-state index in [2.05, 4.69) is 4.72 Å². The highest BCUT2D eigenvalue weighted by atomic mass is 32.2. The second-order valence-electron chi connectivity index (χ2n) is 7.47. The maximum absolute atomic E-state index is 12.6. The minimum absolute atomic E-state index is 0.0475. The van der Waals surface area contributed by atoms with Crippen molar-refractivity contribution in [1.29, 1.82) is 0 Å². The Balaban J connectivity index is 1.45. The number of carbonyl (C=O) groups excluding carboxylic acids is 1. The Hall–Kier alpha value is -2.58. The van der Waals surface area contributed by atoms with Crippen LogP contribution in [0.15, 0.2) is 53.4 Å². The molecule has 31 heavy (non-hydrogen) atoms. The predicted octanol–water partition coefficient (Wildman–Crippen LogP) is 3.00. The first-order valence-corrected chi connectivity index (χ1v) is 12.1. The van der Waals surface area contributed by atoms with Gasteiger partial charge in [-0.15, -0.1) is 0 Å². The monoisotopic (exact) mass is 446 g/mol. The van der Waals surface area contributed by atoms with Crippen molar-refractivity contribution in [3.63, 3.8) is 0 Å². The molecule has 1 aliphatic rings. The lowest BCUT2D eigenvalue weighted by Crippen LogP contribution is -2.47. The molecule has 1 heterocycles. The highest BCUT2D eigenvalue weighted by Gasteiger charge is 2.26. The number of nitrogens with one attached hydrogen (secondary N) is 1. The number of piperidine rings is 1. The highest BCUT2D eigenvalue weighted by molar-refractivity contribution is 7.89. The number of nitrogens with zero attached hydrogens (tertiary/aromatic N) is 1. The zero-order valence-corrected chi connectivity index (χ0v) is 18.9. The van der Waals surface area contributed by atoms with Crippen LogP contribution in [0.3, 0.4) is 0 Å². The van der Waals surface area contributed by atoms with E-state index in [9.17, 15) is 13.2 Å². The van der Waals surface area contributed by atoms with Gasteiger partial charge in [-0.05, 0) is 68.1 Å². The lowest BCUT2D eigenvalue weighted by Gasteiger charge is -2.32. The van der Waals surface area contributed by atoms with Gasteiger partial charge in [0, 0.05) is 19.1 Å². The number of ether oxygens (including phenoxy) is 2. The Morgan fingerprint density at radius 3 is 2.10 bits per heavy atom. The van der Waals surface area contributed by atoms with Crippen LogP contribution < -0.4 is 14.2 Å². The first-order valence-electron chi connectivity index (χ1n) is 10.7. The molecular weight excluding hydrogens is 416 g/mol. The van der Waals surface area contributed by atoms with Gasteiger partial charge in [0.15, 0.2) is 6.61 Å². The Morgan fingerprint density at radius 1 is 0.968 bits per heavy atom. The zero-order valence-electron chi connectivity index (χ0n) is 18.0. The third-order valence-electron chi connectivity index (χ3n) is 5.31. The highest BCUT2D eigenvalue weighted by Crippen LogP contribution is 2.19. The smallest absolute Gasteiger partial charge is 0.260 e. The molecule has 0 radical (unpaired) electrons. The number of amides is 1. The second-order valence-corrected chi connectivity index (χ2v) is 9.18. The van der Waals surface area contributed by atoms with Crippen molar-refractivity contribution in [2.45, 2.75) is 44.0 Å². The van der Waals surface area contributed by atoms with Crippen molar-refractivity contribution in [3.8, 4) is 11.5 Å². The summed E-state index contributed by atoms with van der Waals surface area (Å²) in [6.45, 7) is 5.48. The van der Waals surface area contributed by atoms with Gasteiger partial charge in [0.2, 0.25) is 10.0 Å². The normalized spacial score (nSPS) is 15.0. The van der Waals surface area contributed by atoms with Crippen molar-refractivity contribution < 1.29 is 22.7 Å². The SMILES string of the molecule is CCOc1ccc(OCC(=O)N2CCC(NS(=O)(=O)c3ccc(CC)cc3)CC2)cc1. The van der Waals surface area contributed by atoms with E-state index < -0.39 is 10.0 Å². The second kappa shape index (κ2) is 10.6. The quantitative estimate of drug-likeness (QED) is 0.640. The van der Waals surface area contributed by atoms with Crippen LogP contribution in [0, 0.1) is 0 Å². The predicted molar refractivity (Wildman–Crippen MR) is 119 cm³/mol. The molecule has 3 rings (SSSR count). The van der Waals surface area contributed by atoms with Gasteiger partial charge in [-0.25, -0.2) is 13.1 Å². The minimum atomic E-state index is -3.57. The van der Waals surface area contributed by atoms with E-state index in [1.807, 2.05) is 26.0 Å². The molecule has 1 fully saturated rings. The zero-order chi connectivity index (χ0) is 22.3. The lowest BCUT2D eigenvalue weighted by molar-refractivity contribution is -0.134. The maximum Gasteiger partial charge on any atom is 0.260 e. The van der Waals surface area contributed by atoms with E-state index >= 15 is 0 Å². The number of aryl methyl sites for hydroxylation is 1. The molecule has 7 nitrogen and oxygen atoms in total. The fraction of sp³-hybridized carbons (Fsp3) is 0.435. The summed E-state index contributed by atoms with van der Waals surface area (Å²) < 4.78 is 39.0. The third-order valence-corrected chi connectivity index (χ3v) is 6.84. The van der Waals surface area contributed by atoms with Crippen LogP contribution in [0.1, 0.15) is 32.3 Å². The van der Waals surface area contributed by atoms with Gasteiger partial charge in [0.05, 0.1) is 11.5 Å². The van der Waals surface area contributed by atoms with Crippen LogP contribution in [-0.2, 0) is 21.2 Å². The summed E-state index contributed by atoms with van der Waals surface area (Å²) in [4.78, 5) is 14.4. The number of hydrogen-bond donors (Lipinski definition) is 1. The van der Waals surface area contributed by atoms with E-state index in [1.165, 1.54) is 0 Å². The van der Waals surface area contributed by atoms with Crippen LogP contribution in [0.4, 0.5) is 0 Å². The summed E-state index contributed by atoms with van der Waals surface area (Å²) in [5.41, 5.74) is 1.10. The molecule has 0 aromatic heterocycles. The van der Waals surface area contributed by atoms with Gasteiger partial charge in [-0.3, -0.25) is 4.79 Å². The van der Waals surface area contributed by atoms with E-state index in [1.54, 1.807) is 41.3 Å². The lowest BCUT2D eigenvalue weighted by atomic mass is 10.1. The minimum Gasteiger partial charge on any atom is -0.494 e. The van der Waals surface area contributed by atoms with Gasteiger partial charge in [0.1, 0.15) is 11.5 Å². The Morgan fingerprint density at radius 2 is 1.55 bits per heavy atom. The molecule has 1 N–H and O–H groups in total. The number of sulfonamides is 1. The maximum atomic E-state index is 12.6. The number of likely N-dealkylation sites (tertiary alicyclic amines) is 1. The molecule has 1 aliphatic heterocycles. The molecule has 0 saturated carbocycles. The largest absolute Gasteiger partial charge is 0.494 e. The van der Waals surface area contributed by atoms with Crippen LogP contribution in [0.5, 0.6) is 11.5 Å². The van der Waals surface area contributed by atoms with Crippen LogP contribution in [-0.4, -0.2) is 51.6 Å². The van der Waals surface area contributed by atoms with Crippen molar-refractivity contribution in [1.82, 2.24) is 9.62 Å². The molecular formula is C23H30N2O5S. The van der Waals surface area contributed by atoms with Gasteiger partial charge in [0.25, 0.3) is 5.91 Å². The summed E-state index contributed by atoms with van der Waals surface area (Å²) in [7, 11) is -3.57. The van der Waals surface area contributed by atoms with E-state index in [0.717, 1.165) is 17.7 Å². The fourth-order valence-corrected chi connectivity index (χ4v) is 4.78. The Bertz CT molecular complexity index is 950. The van der Waals surface area contributed by atoms with Gasteiger partial charge >= 0.3 is 0 Å². The van der Waals surface area contributed by atoms with Crippen molar-refractivity contribution in [2.24, 2.45) is 0 Å².